The van der Waals surface area contributed by atoms with E-state index in [4.69, 9.17) is 4.74 Å². The molecule has 0 bridgehead atoms. The first-order chi connectivity index (χ1) is 12.1. The van der Waals surface area contributed by atoms with Crippen LogP contribution in [0.5, 0.6) is 0 Å². The van der Waals surface area contributed by atoms with Gasteiger partial charge in [0.15, 0.2) is 4.80 Å². The lowest BCUT2D eigenvalue weighted by Crippen LogP contribution is -2.22. The summed E-state index contributed by atoms with van der Waals surface area (Å²) in [5, 5.41) is 0. The maximum Gasteiger partial charge on any atom is 0.325 e. The van der Waals surface area contributed by atoms with Gasteiger partial charge in [0.1, 0.15) is 12.4 Å². The second-order valence-electron chi connectivity index (χ2n) is 5.33. The number of carbonyl (C=O) groups is 2. The Bertz CT molecular complexity index is 992. The van der Waals surface area contributed by atoms with Crippen molar-refractivity contribution in [1.29, 1.82) is 0 Å². The molecule has 7 heteroatoms. The van der Waals surface area contributed by atoms with Crippen LogP contribution in [0.4, 0.5) is 4.39 Å². The maximum absolute atomic E-state index is 13.5. The third kappa shape index (κ3) is 4.00. The minimum absolute atomic E-state index is 0.0976. The first-order valence-electron chi connectivity index (χ1n) is 7.54. The average molecular weight is 358 g/mol. The van der Waals surface area contributed by atoms with Gasteiger partial charge in [0.05, 0.1) is 23.7 Å². The van der Waals surface area contributed by atoms with Crippen LogP contribution in [0, 0.1) is 5.82 Å². The number of benzene rings is 2. The number of hydrogen-bond donors (Lipinski definition) is 0. The summed E-state index contributed by atoms with van der Waals surface area (Å²) >= 11 is 1.16. The molecule has 3 rings (SSSR count). The molecule has 0 aliphatic carbocycles. The van der Waals surface area contributed by atoms with Crippen molar-refractivity contribution in [2.24, 2.45) is 4.99 Å². The maximum atomic E-state index is 13.5. The standard InChI is InChI=1S/C18H15FN2O3S/c1-24-17(23)11-21-14-8-7-13(19)10-15(14)25-18(21)20-16(22)9-12-5-3-2-4-6-12/h2-8,10H,9,11H2,1H3. The Morgan fingerprint density at radius 2 is 1.96 bits per heavy atom. The summed E-state index contributed by atoms with van der Waals surface area (Å²) in [5.74, 6) is -1.20. The van der Waals surface area contributed by atoms with Crippen molar-refractivity contribution in [1.82, 2.24) is 4.57 Å². The number of ether oxygens (including phenoxy) is 1. The van der Waals surface area contributed by atoms with Crippen LogP contribution < -0.4 is 4.80 Å². The molecule has 0 saturated heterocycles. The number of nitrogens with zero attached hydrogens (tertiary/aromatic N) is 2. The van der Waals surface area contributed by atoms with Crippen LogP contribution in [0.15, 0.2) is 53.5 Å². The Morgan fingerprint density at radius 1 is 1.20 bits per heavy atom. The highest BCUT2D eigenvalue weighted by atomic mass is 32.1. The Kier molecular flexibility index (Phi) is 5.04. The number of aromatic nitrogens is 1. The lowest BCUT2D eigenvalue weighted by molar-refractivity contribution is -0.141. The van der Waals surface area contributed by atoms with Crippen molar-refractivity contribution in [2.45, 2.75) is 13.0 Å². The lowest BCUT2D eigenvalue weighted by Gasteiger charge is -2.03. The number of esters is 1. The first kappa shape index (κ1) is 17.0. The van der Waals surface area contributed by atoms with Crippen molar-refractivity contribution in [2.75, 3.05) is 7.11 Å². The molecule has 0 aliphatic rings. The van der Waals surface area contributed by atoms with Crippen LogP contribution in [-0.4, -0.2) is 23.6 Å². The molecule has 1 heterocycles. The Morgan fingerprint density at radius 3 is 2.68 bits per heavy atom. The van der Waals surface area contributed by atoms with Crippen LogP contribution in [-0.2, 0) is 27.3 Å². The smallest absolute Gasteiger partial charge is 0.325 e. The number of carbonyl (C=O) groups excluding carboxylic acids is 2. The average Bonchev–Trinajstić information content (AvgIpc) is 2.91. The summed E-state index contributed by atoms with van der Waals surface area (Å²) < 4.78 is 20.3. The van der Waals surface area contributed by atoms with E-state index in [1.54, 1.807) is 10.6 Å². The Balaban J connectivity index is 2.02. The highest BCUT2D eigenvalue weighted by molar-refractivity contribution is 7.16. The van der Waals surface area contributed by atoms with E-state index in [0.29, 0.717) is 15.0 Å². The van der Waals surface area contributed by atoms with E-state index in [2.05, 4.69) is 4.99 Å². The molecule has 25 heavy (non-hydrogen) atoms. The van der Waals surface area contributed by atoms with E-state index in [0.717, 1.165) is 16.9 Å². The zero-order valence-corrected chi connectivity index (χ0v) is 14.3. The number of fused-ring (bicyclic) bond motifs is 1. The zero-order valence-electron chi connectivity index (χ0n) is 13.4. The molecule has 5 nitrogen and oxygen atoms in total. The normalized spacial score (nSPS) is 11.7. The predicted molar refractivity (Wildman–Crippen MR) is 92.5 cm³/mol. The molecule has 1 amide bonds. The monoisotopic (exact) mass is 358 g/mol. The Hall–Kier alpha value is -2.80. The summed E-state index contributed by atoms with van der Waals surface area (Å²) in [6.07, 6.45) is 0.154. The minimum atomic E-state index is -0.471. The van der Waals surface area contributed by atoms with Crippen molar-refractivity contribution in [3.8, 4) is 0 Å². The largest absolute Gasteiger partial charge is 0.468 e. The highest BCUT2D eigenvalue weighted by Gasteiger charge is 2.12. The van der Waals surface area contributed by atoms with Gasteiger partial charge in [0, 0.05) is 0 Å². The van der Waals surface area contributed by atoms with Crippen LogP contribution >= 0.6 is 11.3 Å². The number of amides is 1. The molecule has 0 unspecified atom stereocenters. The zero-order chi connectivity index (χ0) is 17.8. The lowest BCUT2D eigenvalue weighted by atomic mass is 10.1. The molecule has 0 fully saturated rings. The second kappa shape index (κ2) is 7.40. The van der Waals surface area contributed by atoms with Gasteiger partial charge >= 0.3 is 5.97 Å². The summed E-state index contributed by atoms with van der Waals surface area (Å²) in [5.41, 5.74) is 1.48. The van der Waals surface area contributed by atoms with Gasteiger partial charge in [-0.1, -0.05) is 41.7 Å². The fourth-order valence-corrected chi connectivity index (χ4v) is 3.47. The number of halogens is 1. The molecule has 0 aliphatic heterocycles. The Labute approximate surface area is 147 Å². The summed E-state index contributed by atoms with van der Waals surface area (Å²) in [4.78, 5) is 28.4. The highest BCUT2D eigenvalue weighted by Crippen LogP contribution is 2.18. The molecule has 3 aromatic rings. The van der Waals surface area contributed by atoms with E-state index in [9.17, 15) is 14.0 Å². The first-order valence-corrected chi connectivity index (χ1v) is 8.35. The van der Waals surface area contributed by atoms with Gasteiger partial charge in [-0.05, 0) is 23.8 Å². The molecule has 2 aromatic carbocycles. The van der Waals surface area contributed by atoms with Crippen LogP contribution in [0.2, 0.25) is 0 Å². The molecule has 0 saturated carbocycles. The number of methoxy groups -OCH3 is 1. The molecule has 0 N–H and O–H groups in total. The van der Waals surface area contributed by atoms with E-state index < -0.39 is 5.97 Å². The molecule has 0 atom stereocenters. The van der Waals surface area contributed by atoms with E-state index in [1.165, 1.54) is 19.2 Å². The van der Waals surface area contributed by atoms with Gasteiger partial charge in [0.25, 0.3) is 5.91 Å². The quantitative estimate of drug-likeness (QED) is 0.674. The van der Waals surface area contributed by atoms with E-state index in [-0.39, 0.29) is 24.7 Å². The molecule has 1 aromatic heterocycles. The van der Waals surface area contributed by atoms with Gasteiger partial charge in [-0.15, -0.1) is 0 Å². The predicted octanol–water partition coefficient (Wildman–Crippen LogP) is 2.68. The molecule has 128 valence electrons. The van der Waals surface area contributed by atoms with Gasteiger partial charge in [-0.2, -0.15) is 4.99 Å². The van der Waals surface area contributed by atoms with Crippen molar-refractivity contribution < 1.29 is 18.7 Å². The molecular formula is C18H15FN2O3S. The van der Waals surface area contributed by atoms with Crippen LogP contribution in [0.25, 0.3) is 10.2 Å². The van der Waals surface area contributed by atoms with Crippen molar-refractivity contribution in [3.63, 3.8) is 0 Å². The van der Waals surface area contributed by atoms with Gasteiger partial charge < -0.3 is 9.30 Å². The second-order valence-corrected chi connectivity index (χ2v) is 6.34. The third-order valence-electron chi connectivity index (χ3n) is 3.58. The molecular weight excluding hydrogens is 343 g/mol. The van der Waals surface area contributed by atoms with Crippen molar-refractivity contribution >= 4 is 33.4 Å². The summed E-state index contributed by atoms with van der Waals surface area (Å²) in [6, 6.07) is 13.5. The number of hydrogen-bond acceptors (Lipinski definition) is 4. The van der Waals surface area contributed by atoms with Crippen molar-refractivity contribution in [3.05, 3.63) is 64.7 Å². The SMILES string of the molecule is COC(=O)Cn1c(=NC(=O)Cc2ccccc2)sc2cc(F)ccc21. The van der Waals surface area contributed by atoms with E-state index >= 15 is 0 Å². The third-order valence-corrected chi connectivity index (χ3v) is 4.62. The van der Waals surface area contributed by atoms with Gasteiger partial charge in [0.2, 0.25) is 0 Å². The van der Waals surface area contributed by atoms with E-state index in [1.807, 2.05) is 30.3 Å². The minimum Gasteiger partial charge on any atom is -0.468 e. The summed E-state index contributed by atoms with van der Waals surface area (Å²) in [7, 11) is 1.29. The van der Waals surface area contributed by atoms with Gasteiger partial charge in [-0.3, -0.25) is 9.59 Å². The van der Waals surface area contributed by atoms with Gasteiger partial charge in [-0.25, -0.2) is 4.39 Å². The number of thiazole rings is 1. The topological polar surface area (TPSA) is 60.7 Å². The number of rotatable bonds is 4. The molecule has 0 spiro atoms. The fraction of sp³-hybridized carbons (Fsp3) is 0.167. The van der Waals surface area contributed by atoms with Crippen LogP contribution in [0.1, 0.15) is 5.56 Å². The van der Waals surface area contributed by atoms with Crippen LogP contribution in [0.3, 0.4) is 0 Å². The fourth-order valence-electron chi connectivity index (χ4n) is 2.40. The summed E-state index contributed by atoms with van der Waals surface area (Å²) in [6.45, 7) is -0.0976. The molecule has 0 radical (unpaired) electrons.